The molecule has 5 N–H and O–H groups in total. The van der Waals surface area contributed by atoms with E-state index in [1.807, 2.05) is 5.32 Å². The summed E-state index contributed by atoms with van der Waals surface area (Å²) in [4.78, 5) is 49.9. The third-order valence-electron chi connectivity index (χ3n) is 5.34. The predicted molar refractivity (Wildman–Crippen MR) is 112 cm³/mol. The number of carbonyl (C=O) groups is 4. The van der Waals surface area contributed by atoms with E-state index < -0.39 is 47.3 Å². The van der Waals surface area contributed by atoms with Crippen LogP contribution in [0.4, 0.5) is 0 Å². The molecule has 2 aliphatic heterocycles. The number of phenolic OH excluding ortho intramolecular Hbond substituents is 1. The number of carboxylic acid groups (broad SMARTS) is 2. The third-order valence-corrected chi connectivity index (χ3v) is 6.43. The van der Waals surface area contributed by atoms with Crippen LogP contribution in [-0.4, -0.2) is 93.6 Å². The monoisotopic (exact) mass is 506 g/mol. The van der Waals surface area contributed by atoms with Crippen molar-refractivity contribution >= 4 is 35.5 Å². The number of fused-ring (bicyclic) bond motifs is 1. The van der Waals surface area contributed by atoms with Gasteiger partial charge in [0.2, 0.25) is 11.1 Å². The van der Waals surface area contributed by atoms with Crippen LogP contribution in [-0.2, 0) is 31.0 Å². The average Bonchev–Trinajstić information content (AvgIpc) is 3.22. The van der Waals surface area contributed by atoms with Gasteiger partial charge in [0.1, 0.15) is 11.4 Å². The van der Waals surface area contributed by atoms with Gasteiger partial charge in [-0.1, -0.05) is 23.9 Å². The number of benzene rings is 1. The van der Waals surface area contributed by atoms with Crippen LogP contribution in [0.5, 0.6) is 5.75 Å². The van der Waals surface area contributed by atoms with Crippen LogP contribution in [0, 0.1) is 0 Å². The molecule has 15 nitrogen and oxygen atoms in total. The van der Waals surface area contributed by atoms with Crippen LogP contribution in [0.3, 0.4) is 0 Å². The van der Waals surface area contributed by atoms with E-state index in [1.165, 1.54) is 28.9 Å². The number of aryl methyl sites for hydroxylation is 1. The molecule has 16 heteroatoms. The van der Waals surface area contributed by atoms with Crippen molar-refractivity contribution in [2.45, 2.75) is 23.0 Å². The molecule has 35 heavy (non-hydrogen) atoms. The maximum atomic E-state index is 12.8. The fourth-order valence-electron chi connectivity index (χ4n) is 3.66. The van der Waals surface area contributed by atoms with E-state index in [0.717, 1.165) is 11.8 Å². The number of aromatic nitrogens is 4. The SMILES string of the molecule is Cn1nnnc1SCC1=C(C(=O)O)N2C(=O)C(O)(NC(=O)C(C(=O)O)c3ccc(O)cc3)[C@H]2OC1. The summed E-state index contributed by atoms with van der Waals surface area (Å²) in [5.41, 5.74) is -2.93. The zero-order chi connectivity index (χ0) is 25.5. The van der Waals surface area contributed by atoms with Gasteiger partial charge in [-0.2, -0.15) is 0 Å². The van der Waals surface area contributed by atoms with Crippen LogP contribution >= 0.6 is 11.8 Å². The highest BCUT2D eigenvalue weighted by atomic mass is 32.2. The maximum Gasteiger partial charge on any atom is 0.352 e. The fourth-order valence-corrected chi connectivity index (χ4v) is 4.50. The van der Waals surface area contributed by atoms with Gasteiger partial charge in [0, 0.05) is 12.8 Å². The van der Waals surface area contributed by atoms with Gasteiger partial charge in [-0.15, -0.1) is 5.10 Å². The van der Waals surface area contributed by atoms with Crippen molar-refractivity contribution in [3.05, 3.63) is 41.1 Å². The maximum absolute atomic E-state index is 12.8. The number of β-lactam (4-membered cyclic amide) rings is 1. The Balaban J connectivity index is 1.55. The van der Waals surface area contributed by atoms with Crippen molar-refractivity contribution in [2.24, 2.45) is 7.05 Å². The summed E-state index contributed by atoms with van der Waals surface area (Å²) in [5.74, 6) is -7.40. The number of aliphatic carboxylic acids is 2. The van der Waals surface area contributed by atoms with Crippen LogP contribution in [0.15, 0.2) is 40.7 Å². The molecule has 2 amide bonds. The van der Waals surface area contributed by atoms with E-state index in [2.05, 4.69) is 15.5 Å². The number of carboxylic acids is 2. The number of ether oxygens (including phenoxy) is 1. The summed E-state index contributed by atoms with van der Waals surface area (Å²) in [5, 5.41) is 52.7. The van der Waals surface area contributed by atoms with Crippen molar-refractivity contribution in [3.63, 3.8) is 0 Å². The minimum absolute atomic E-state index is 0.0201. The second-order valence-corrected chi connectivity index (χ2v) is 8.53. The Labute approximate surface area is 200 Å². The number of aliphatic hydroxyl groups is 1. The van der Waals surface area contributed by atoms with Crippen LogP contribution in [0.1, 0.15) is 11.5 Å². The Hall–Kier alpha value is -4.02. The highest BCUT2D eigenvalue weighted by molar-refractivity contribution is 7.99. The van der Waals surface area contributed by atoms with E-state index in [1.54, 1.807) is 7.05 Å². The number of nitrogens with one attached hydrogen (secondary N) is 1. The Kier molecular flexibility index (Phi) is 6.18. The number of phenols is 1. The number of hydrogen-bond acceptors (Lipinski definition) is 11. The lowest BCUT2D eigenvalue weighted by atomic mass is 9.92. The molecule has 4 rings (SSSR count). The smallest absolute Gasteiger partial charge is 0.352 e. The molecule has 1 saturated heterocycles. The molecule has 184 valence electrons. The Morgan fingerprint density at radius 2 is 1.97 bits per heavy atom. The first kappa shape index (κ1) is 24.1. The lowest BCUT2D eigenvalue weighted by Crippen LogP contribution is -2.82. The van der Waals surface area contributed by atoms with Crippen molar-refractivity contribution < 1.29 is 44.3 Å². The highest BCUT2D eigenvalue weighted by Gasteiger charge is 2.66. The van der Waals surface area contributed by atoms with Gasteiger partial charge in [0.05, 0.1) is 6.61 Å². The Morgan fingerprint density at radius 3 is 2.54 bits per heavy atom. The molecule has 2 unspecified atom stereocenters. The van der Waals surface area contributed by atoms with Crippen molar-refractivity contribution in [1.29, 1.82) is 0 Å². The van der Waals surface area contributed by atoms with Gasteiger partial charge in [0.15, 0.2) is 12.1 Å². The van der Waals surface area contributed by atoms with Crippen molar-refractivity contribution in [1.82, 2.24) is 30.4 Å². The third kappa shape index (κ3) is 4.17. The van der Waals surface area contributed by atoms with E-state index in [0.29, 0.717) is 10.1 Å². The molecule has 0 spiro atoms. The Bertz CT molecular complexity index is 1250. The largest absolute Gasteiger partial charge is 0.508 e. The number of hydrogen-bond donors (Lipinski definition) is 5. The molecular formula is C19H18N6O9S. The number of aromatic hydroxyl groups is 1. The average molecular weight is 506 g/mol. The molecule has 2 aliphatic rings. The minimum Gasteiger partial charge on any atom is -0.508 e. The number of carbonyl (C=O) groups excluding carboxylic acids is 2. The molecule has 0 radical (unpaired) electrons. The van der Waals surface area contributed by atoms with Crippen LogP contribution in [0.2, 0.25) is 0 Å². The van der Waals surface area contributed by atoms with Gasteiger partial charge in [-0.25, -0.2) is 9.48 Å². The standard InChI is InChI=1S/C19H18N6O9S/c1-24-18(21-22-23-24)35-7-9-6-34-17-19(33,16(32)25(17)12(9)15(30)31)20-13(27)11(14(28)29)8-2-4-10(26)5-3-8/h2-5,11,17,26,33H,6-7H2,1H3,(H,20,27)(H,28,29)(H,30,31)/t11?,17-,19?/m1/s1. The van der Waals surface area contributed by atoms with Crippen molar-refractivity contribution in [2.75, 3.05) is 12.4 Å². The summed E-state index contributed by atoms with van der Waals surface area (Å²) >= 11 is 1.10. The van der Waals surface area contributed by atoms with Crippen LogP contribution in [0.25, 0.3) is 0 Å². The summed E-state index contributed by atoms with van der Waals surface area (Å²) < 4.78 is 6.85. The van der Waals surface area contributed by atoms with Gasteiger partial charge in [-0.3, -0.25) is 19.3 Å². The second kappa shape index (κ2) is 8.97. The summed E-state index contributed by atoms with van der Waals surface area (Å²) in [6.45, 7) is -0.299. The summed E-state index contributed by atoms with van der Waals surface area (Å²) in [7, 11) is 1.59. The van der Waals surface area contributed by atoms with E-state index in [9.17, 15) is 39.6 Å². The van der Waals surface area contributed by atoms with Crippen LogP contribution < -0.4 is 5.32 Å². The van der Waals surface area contributed by atoms with Gasteiger partial charge >= 0.3 is 11.9 Å². The van der Waals surface area contributed by atoms with E-state index in [4.69, 9.17) is 4.74 Å². The number of amides is 2. The highest BCUT2D eigenvalue weighted by Crippen LogP contribution is 2.39. The minimum atomic E-state index is -2.69. The summed E-state index contributed by atoms with van der Waals surface area (Å²) in [6, 6.07) is 4.75. The lowest BCUT2D eigenvalue weighted by Gasteiger charge is -2.53. The molecule has 0 saturated carbocycles. The van der Waals surface area contributed by atoms with E-state index >= 15 is 0 Å². The van der Waals surface area contributed by atoms with Crippen molar-refractivity contribution in [3.8, 4) is 5.75 Å². The first-order chi connectivity index (χ1) is 16.5. The molecule has 0 aliphatic carbocycles. The molecule has 1 aromatic heterocycles. The van der Waals surface area contributed by atoms with Gasteiger partial charge in [0.25, 0.3) is 11.6 Å². The zero-order valence-electron chi connectivity index (χ0n) is 17.9. The number of tetrazole rings is 1. The molecule has 3 heterocycles. The molecule has 2 aromatic rings. The molecule has 3 atom stereocenters. The lowest BCUT2D eigenvalue weighted by molar-refractivity contribution is -0.250. The molecular weight excluding hydrogens is 488 g/mol. The quantitative estimate of drug-likeness (QED) is 0.116. The molecule has 0 bridgehead atoms. The van der Waals surface area contributed by atoms with Gasteiger partial charge in [-0.05, 0) is 33.7 Å². The van der Waals surface area contributed by atoms with Gasteiger partial charge < -0.3 is 30.5 Å². The molecule has 1 aromatic carbocycles. The number of nitrogens with zero attached hydrogens (tertiary/aromatic N) is 5. The Morgan fingerprint density at radius 1 is 1.29 bits per heavy atom. The fraction of sp³-hybridized carbons (Fsp3) is 0.316. The first-order valence-corrected chi connectivity index (χ1v) is 10.8. The number of thioether (sulfide) groups is 1. The number of rotatable bonds is 8. The zero-order valence-corrected chi connectivity index (χ0v) is 18.7. The second-order valence-electron chi connectivity index (χ2n) is 7.59. The predicted octanol–water partition coefficient (Wildman–Crippen LogP) is -1.78. The first-order valence-electron chi connectivity index (χ1n) is 9.86. The molecule has 1 fully saturated rings. The normalized spacial score (nSPS) is 22.3. The summed E-state index contributed by atoms with van der Waals surface area (Å²) in [6.07, 6.45) is -1.59. The van der Waals surface area contributed by atoms with E-state index in [-0.39, 0.29) is 29.2 Å². The topological polar surface area (TPSA) is 217 Å².